The molecule has 1 aliphatic rings. The molecule has 0 spiro atoms. The number of aliphatic hydroxyl groups is 1. The quantitative estimate of drug-likeness (QED) is 0.319. The molecule has 150 valence electrons. The van der Waals surface area contributed by atoms with Gasteiger partial charge in [0, 0.05) is 21.3 Å². The molecule has 1 fully saturated rings. The number of carbonyl (C=O) groups excluding carboxylic acids is 2. The average molecular weight is 442 g/mol. The molecular formula is C23H14Cl2FNO3. The number of anilines is 1. The van der Waals surface area contributed by atoms with Crippen molar-refractivity contribution >= 4 is 46.3 Å². The highest BCUT2D eigenvalue weighted by Gasteiger charge is 2.47. The summed E-state index contributed by atoms with van der Waals surface area (Å²) in [6.07, 6.45) is 0. The van der Waals surface area contributed by atoms with E-state index in [4.69, 9.17) is 23.2 Å². The van der Waals surface area contributed by atoms with E-state index >= 15 is 0 Å². The molecule has 1 atom stereocenters. The first kappa shape index (κ1) is 20.1. The molecule has 4 rings (SSSR count). The van der Waals surface area contributed by atoms with E-state index in [-0.39, 0.29) is 11.3 Å². The summed E-state index contributed by atoms with van der Waals surface area (Å²) < 4.78 is 13.5. The van der Waals surface area contributed by atoms with Gasteiger partial charge in [0.1, 0.15) is 11.6 Å². The van der Waals surface area contributed by atoms with Crippen LogP contribution in [0.2, 0.25) is 10.0 Å². The number of ketones is 1. The summed E-state index contributed by atoms with van der Waals surface area (Å²) in [5.41, 5.74) is 1.07. The van der Waals surface area contributed by atoms with Crippen molar-refractivity contribution in [3.8, 4) is 0 Å². The normalized spacial score (nSPS) is 18.1. The largest absolute Gasteiger partial charge is 0.507 e. The van der Waals surface area contributed by atoms with E-state index in [9.17, 15) is 19.1 Å². The second kappa shape index (κ2) is 7.94. The highest BCUT2D eigenvalue weighted by Crippen LogP contribution is 2.42. The average Bonchev–Trinajstić information content (AvgIpc) is 2.99. The van der Waals surface area contributed by atoms with Gasteiger partial charge in [0.05, 0.1) is 11.6 Å². The number of benzene rings is 3. The van der Waals surface area contributed by atoms with Crippen LogP contribution in [0.15, 0.2) is 78.4 Å². The van der Waals surface area contributed by atoms with Gasteiger partial charge in [0.25, 0.3) is 11.7 Å². The fourth-order valence-electron chi connectivity index (χ4n) is 3.45. The molecule has 0 aliphatic carbocycles. The lowest BCUT2D eigenvalue weighted by atomic mass is 9.95. The fourth-order valence-corrected chi connectivity index (χ4v) is 3.76. The van der Waals surface area contributed by atoms with Gasteiger partial charge in [-0.15, -0.1) is 0 Å². The summed E-state index contributed by atoms with van der Waals surface area (Å²) in [4.78, 5) is 27.2. The molecular weight excluding hydrogens is 428 g/mol. The van der Waals surface area contributed by atoms with Crippen molar-refractivity contribution < 1.29 is 19.1 Å². The molecule has 0 aromatic heterocycles. The van der Waals surface area contributed by atoms with E-state index in [1.54, 1.807) is 48.5 Å². The maximum absolute atomic E-state index is 13.5. The summed E-state index contributed by atoms with van der Waals surface area (Å²) in [7, 11) is 0. The Morgan fingerprint density at radius 3 is 2.20 bits per heavy atom. The van der Waals surface area contributed by atoms with Crippen LogP contribution in [-0.4, -0.2) is 16.8 Å². The van der Waals surface area contributed by atoms with E-state index in [2.05, 4.69) is 0 Å². The van der Waals surface area contributed by atoms with Crippen LogP contribution in [0, 0.1) is 5.82 Å². The predicted molar refractivity (Wildman–Crippen MR) is 114 cm³/mol. The molecule has 1 heterocycles. The smallest absolute Gasteiger partial charge is 0.300 e. The van der Waals surface area contributed by atoms with Crippen LogP contribution >= 0.6 is 23.2 Å². The number of hydrogen-bond acceptors (Lipinski definition) is 3. The van der Waals surface area contributed by atoms with E-state index in [0.29, 0.717) is 26.9 Å². The molecule has 0 saturated carbocycles. The number of nitrogens with zero attached hydrogens (tertiary/aromatic N) is 1. The van der Waals surface area contributed by atoms with Crippen LogP contribution in [0.25, 0.3) is 5.76 Å². The zero-order valence-electron chi connectivity index (χ0n) is 15.4. The van der Waals surface area contributed by atoms with Gasteiger partial charge in [-0.05, 0) is 60.2 Å². The Bertz CT molecular complexity index is 1170. The Morgan fingerprint density at radius 2 is 1.57 bits per heavy atom. The number of rotatable bonds is 3. The lowest BCUT2D eigenvalue weighted by Gasteiger charge is -2.25. The SMILES string of the molecule is O=C1C(=O)N(c2cccc(Cl)c2)C(c2ccc(F)cc2)/C1=C(\O)c1ccc(Cl)cc1. The van der Waals surface area contributed by atoms with Crippen LogP contribution in [0.4, 0.5) is 10.1 Å². The molecule has 1 unspecified atom stereocenters. The summed E-state index contributed by atoms with van der Waals surface area (Å²) >= 11 is 12.0. The minimum absolute atomic E-state index is 0.103. The van der Waals surface area contributed by atoms with Crippen molar-refractivity contribution in [1.29, 1.82) is 0 Å². The Kier molecular flexibility index (Phi) is 5.33. The van der Waals surface area contributed by atoms with Crippen molar-refractivity contribution in [2.24, 2.45) is 0 Å². The molecule has 1 amide bonds. The third-order valence-corrected chi connectivity index (χ3v) is 5.32. The summed E-state index contributed by atoms with van der Waals surface area (Å²) in [6, 6.07) is 17.1. The maximum atomic E-state index is 13.5. The Balaban J connectivity index is 1.95. The number of halogens is 3. The second-order valence-electron chi connectivity index (χ2n) is 6.71. The van der Waals surface area contributed by atoms with Crippen LogP contribution in [0.1, 0.15) is 17.2 Å². The zero-order valence-corrected chi connectivity index (χ0v) is 16.9. The molecule has 1 aliphatic heterocycles. The van der Waals surface area contributed by atoms with Gasteiger partial charge in [-0.1, -0.05) is 41.4 Å². The molecule has 7 heteroatoms. The predicted octanol–water partition coefficient (Wildman–Crippen LogP) is 5.76. The first-order valence-corrected chi connectivity index (χ1v) is 9.70. The van der Waals surface area contributed by atoms with Crippen LogP contribution in [0.5, 0.6) is 0 Å². The summed E-state index contributed by atoms with van der Waals surface area (Å²) in [5.74, 6) is -2.47. The van der Waals surface area contributed by atoms with Gasteiger partial charge < -0.3 is 5.11 Å². The highest BCUT2D eigenvalue weighted by molar-refractivity contribution is 6.51. The first-order chi connectivity index (χ1) is 14.4. The number of carbonyl (C=O) groups is 2. The van der Waals surface area contributed by atoms with Crippen molar-refractivity contribution in [2.45, 2.75) is 6.04 Å². The molecule has 1 saturated heterocycles. The molecule has 1 N–H and O–H groups in total. The van der Waals surface area contributed by atoms with Crippen molar-refractivity contribution in [3.05, 3.63) is 105 Å². The van der Waals surface area contributed by atoms with E-state index in [1.807, 2.05) is 0 Å². The summed E-state index contributed by atoms with van der Waals surface area (Å²) in [6.45, 7) is 0. The second-order valence-corrected chi connectivity index (χ2v) is 7.58. The molecule has 3 aromatic carbocycles. The Morgan fingerprint density at radius 1 is 0.900 bits per heavy atom. The van der Waals surface area contributed by atoms with Crippen LogP contribution in [-0.2, 0) is 9.59 Å². The van der Waals surface area contributed by atoms with E-state index < -0.39 is 23.5 Å². The summed E-state index contributed by atoms with van der Waals surface area (Å²) in [5, 5.41) is 11.8. The minimum Gasteiger partial charge on any atom is -0.507 e. The number of hydrogen-bond donors (Lipinski definition) is 1. The zero-order chi connectivity index (χ0) is 21.4. The van der Waals surface area contributed by atoms with Crippen molar-refractivity contribution in [2.75, 3.05) is 4.90 Å². The van der Waals surface area contributed by atoms with Gasteiger partial charge in [-0.2, -0.15) is 0 Å². The standard InChI is InChI=1S/C23H14Cl2FNO3/c24-15-8-4-14(5-9-15)21(28)19-20(13-6-10-17(26)11-7-13)27(23(30)22(19)29)18-3-1-2-16(25)12-18/h1-12,20,28H/b21-19+. The molecule has 0 radical (unpaired) electrons. The first-order valence-electron chi connectivity index (χ1n) is 8.95. The van der Waals surface area contributed by atoms with Crippen molar-refractivity contribution in [1.82, 2.24) is 0 Å². The Labute approximate surface area is 181 Å². The lowest BCUT2D eigenvalue weighted by molar-refractivity contribution is -0.132. The topological polar surface area (TPSA) is 57.6 Å². The number of aliphatic hydroxyl groups excluding tert-OH is 1. The van der Waals surface area contributed by atoms with Gasteiger partial charge in [-0.25, -0.2) is 4.39 Å². The molecule has 0 bridgehead atoms. The van der Waals surface area contributed by atoms with Gasteiger partial charge >= 0.3 is 0 Å². The minimum atomic E-state index is -0.959. The van der Waals surface area contributed by atoms with Gasteiger partial charge in [0.2, 0.25) is 0 Å². The third-order valence-electron chi connectivity index (χ3n) is 4.83. The van der Waals surface area contributed by atoms with Crippen LogP contribution in [0.3, 0.4) is 0 Å². The number of Topliss-reactive ketones (excluding diaryl/α,β-unsaturated/α-hetero) is 1. The maximum Gasteiger partial charge on any atom is 0.300 e. The monoisotopic (exact) mass is 441 g/mol. The molecule has 30 heavy (non-hydrogen) atoms. The van der Waals surface area contributed by atoms with E-state index in [1.165, 1.54) is 29.2 Å². The van der Waals surface area contributed by atoms with Crippen molar-refractivity contribution in [3.63, 3.8) is 0 Å². The van der Waals surface area contributed by atoms with E-state index in [0.717, 1.165) is 0 Å². The van der Waals surface area contributed by atoms with Gasteiger partial charge in [-0.3, -0.25) is 14.5 Å². The van der Waals surface area contributed by atoms with Crippen LogP contribution < -0.4 is 4.90 Å². The highest BCUT2D eigenvalue weighted by atomic mass is 35.5. The Hall–Kier alpha value is -3.15. The number of amides is 1. The lowest BCUT2D eigenvalue weighted by Crippen LogP contribution is -2.29. The van der Waals surface area contributed by atoms with Gasteiger partial charge in [0.15, 0.2) is 0 Å². The molecule has 3 aromatic rings. The fraction of sp³-hybridized carbons (Fsp3) is 0.0435. The third kappa shape index (κ3) is 3.58. The molecule has 4 nitrogen and oxygen atoms in total.